The lowest BCUT2D eigenvalue weighted by Gasteiger charge is -2.42. The molecule has 38 heavy (non-hydrogen) atoms. The number of hydrogen-bond donors (Lipinski definition) is 2. The molecule has 0 aromatic carbocycles. The molecule has 0 saturated carbocycles. The van der Waals surface area contributed by atoms with Crippen LogP contribution in [-0.4, -0.2) is 71.5 Å². The van der Waals surface area contributed by atoms with Crippen molar-refractivity contribution in [3.8, 4) is 17.5 Å². The molecule has 2 fully saturated rings. The van der Waals surface area contributed by atoms with Gasteiger partial charge in [0.15, 0.2) is 5.17 Å². The molecular weight excluding hydrogens is 507 g/mol. The van der Waals surface area contributed by atoms with Crippen molar-refractivity contribution in [3.05, 3.63) is 53.6 Å². The van der Waals surface area contributed by atoms with E-state index in [-0.39, 0.29) is 34.0 Å². The predicted octanol–water partition coefficient (Wildman–Crippen LogP) is 4.48. The number of nitrogens with one attached hydrogen (secondary N) is 2. The van der Waals surface area contributed by atoms with Gasteiger partial charge in [-0.15, -0.1) is 0 Å². The fourth-order valence-electron chi connectivity index (χ4n) is 4.89. The van der Waals surface area contributed by atoms with Gasteiger partial charge in [0.2, 0.25) is 0 Å². The zero-order valence-electron chi connectivity index (χ0n) is 21.2. The van der Waals surface area contributed by atoms with E-state index < -0.39 is 11.4 Å². The molecule has 2 unspecified atom stereocenters. The van der Waals surface area contributed by atoms with Gasteiger partial charge in [-0.1, -0.05) is 0 Å². The highest BCUT2D eigenvalue weighted by molar-refractivity contribution is 8.26. The molecule has 3 aromatic rings. The summed E-state index contributed by atoms with van der Waals surface area (Å²) in [5.74, 6) is -0.626. The van der Waals surface area contributed by atoms with Gasteiger partial charge in [0.05, 0.1) is 46.3 Å². The van der Waals surface area contributed by atoms with Crippen molar-refractivity contribution >= 4 is 33.6 Å². The average Bonchev–Trinajstić information content (AvgIpc) is 3.40. The Morgan fingerprint density at radius 2 is 1.89 bits per heavy atom. The molecule has 2 atom stereocenters. The number of thioether (sulfide) groups is 1. The molecule has 3 aromatic heterocycles. The van der Waals surface area contributed by atoms with E-state index in [0.717, 1.165) is 24.6 Å². The van der Waals surface area contributed by atoms with Crippen LogP contribution in [0.1, 0.15) is 44.7 Å². The predicted molar refractivity (Wildman–Crippen MR) is 142 cm³/mol. The first-order chi connectivity index (χ1) is 18.0. The van der Waals surface area contributed by atoms with Gasteiger partial charge in [0.1, 0.15) is 22.5 Å². The van der Waals surface area contributed by atoms with Crippen molar-refractivity contribution in [2.75, 3.05) is 13.1 Å². The number of halogens is 1. The highest BCUT2D eigenvalue weighted by atomic mass is 32.2. The lowest BCUT2D eigenvalue weighted by molar-refractivity contribution is 0.00300. The third kappa shape index (κ3) is 4.93. The van der Waals surface area contributed by atoms with Crippen LogP contribution in [0.25, 0.3) is 16.9 Å². The summed E-state index contributed by atoms with van der Waals surface area (Å²) in [5.41, 5.74) is 1.42. The minimum absolute atomic E-state index is 0.000509. The largest absolute Gasteiger partial charge is 0.444 e. The quantitative estimate of drug-likeness (QED) is 0.365. The standard InChI is InChI=1S/C26H27FN8O2S/c1-26(2,3)37-25(36)34-17-4-5-18(34)14-33(13-17)24(30)38-23(29)19-12-31-21(9-20(19)27)22-7-6-16-8-15(10-28)11-32-35(16)22/h6-9,11-12,17-18,29-30H,4-5,13-14H2,1-3H3. The number of likely N-dealkylation sites (tertiary alicyclic amines) is 1. The Bertz CT molecular complexity index is 1480. The molecule has 1 amide bonds. The van der Waals surface area contributed by atoms with Gasteiger partial charge in [0.25, 0.3) is 0 Å². The van der Waals surface area contributed by atoms with Crippen LogP contribution in [0.4, 0.5) is 9.18 Å². The van der Waals surface area contributed by atoms with Crippen molar-refractivity contribution in [3.63, 3.8) is 0 Å². The van der Waals surface area contributed by atoms with Crippen molar-refractivity contribution < 1.29 is 13.9 Å². The molecule has 0 aliphatic carbocycles. The van der Waals surface area contributed by atoms with Crippen LogP contribution in [0.2, 0.25) is 0 Å². The molecule has 5 heterocycles. The minimum atomic E-state index is -0.626. The van der Waals surface area contributed by atoms with E-state index in [1.807, 2.05) is 31.7 Å². The van der Waals surface area contributed by atoms with E-state index in [2.05, 4.69) is 10.1 Å². The number of rotatable bonds is 2. The number of carbonyl (C=O) groups is 1. The van der Waals surface area contributed by atoms with Gasteiger partial charge in [-0.25, -0.2) is 13.7 Å². The maximum Gasteiger partial charge on any atom is 0.410 e. The second kappa shape index (κ2) is 9.72. The monoisotopic (exact) mass is 534 g/mol. The summed E-state index contributed by atoms with van der Waals surface area (Å²) < 4.78 is 22.2. The first-order valence-electron chi connectivity index (χ1n) is 12.2. The maximum atomic E-state index is 15.1. The molecule has 0 spiro atoms. The number of nitrogens with zero attached hydrogens (tertiary/aromatic N) is 6. The Morgan fingerprint density at radius 3 is 2.53 bits per heavy atom. The third-order valence-corrected chi connectivity index (χ3v) is 7.44. The van der Waals surface area contributed by atoms with Crippen molar-refractivity contribution in [2.45, 2.75) is 51.3 Å². The lowest BCUT2D eigenvalue weighted by Crippen LogP contribution is -2.57. The van der Waals surface area contributed by atoms with Crippen LogP contribution in [0.15, 0.2) is 36.7 Å². The molecule has 5 rings (SSSR count). The third-order valence-electron chi connectivity index (χ3n) is 6.56. The van der Waals surface area contributed by atoms with E-state index in [4.69, 9.17) is 20.8 Å². The number of piperazine rings is 1. The summed E-state index contributed by atoms with van der Waals surface area (Å²) >= 11 is 0.865. The highest BCUT2D eigenvalue weighted by Gasteiger charge is 2.45. The SMILES string of the molecule is CC(C)(C)OC(=O)N1C2CCC1CN(C(=N)SC(=N)c1cnc(-c3ccc4cc(C#N)cnn34)cc1F)C2. The Balaban J connectivity index is 1.26. The second-order valence-electron chi connectivity index (χ2n) is 10.4. The molecule has 0 radical (unpaired) electrons. The van der Waals surface area contributed by atoms with Crippen LogP contribution in [0, 0.1) is 28.0 Å². The molecule has 2 saturated heterocycles. The van der Waals surface area contributed by atoms with Gasteiger partial charge in [-0.05, 0) is 63.6 Å². The van der Waals surface area contributed by atoms with Gasteiger partial charge < -0.3 is 9.64 Å². The Hall–Kier alpha value is -3.98. The molecule has 2 aliphatic heterocycles. The van der Waals surface area contributed by atoms with E-state index in [1.165, 1.54) is 18.5 Å². The van der Waals surface area contributed by atoms with E-state index in [9.17, 15) is 4.79 Å². The first-order valence-corrected chi connectivity index (χ1v) is 13.0. The van der Waals surface area contributed by atoms with Crippen molar-refractivity contribution in [1.82, 2.24) is 24.4 Å². The number of pyridine rings is 1. The van der Waals surface area contributed by atoms with Crippen molar-refractivity contribution in [1.29, 1.82) is 16.1 Å². The average molecular weight is 535 g/mol. The van der Waals surface area contributed by atoms with Crippen LogP contribution in [-0.2, 0) is 4.74 Å². The Kier molecular flexibility index (Phi) is 6.56. The first kappa shape index (κ1) is 25.7. The summed E-state index contributed by atoms with van der Waals surface area (Å²) in [4.78, 5) is 20.7. The van der Waals surface area contributed by atoms with Gasteiger partial charge in [-0.2, -0.15) is 10.4 Å². The summed E-state index contributed by atoms with van der Waals surface area (Å²) in [5, 5.41) is 30.3. The molecule has 2 aliphatic rings. The number of hydrogen-bond acceptors (Lipinski definition) is 8. The van der Waals surface area contributed by atoms with E-state index >= 15 is 4.39 Å². The second-order valence-corrected chi connectivity index (χ2v) is 11.4. The maximum absolute atomic E-state index is 15.1. The van der Waals surface area contributed by atoms with Crippen LogP contribution >= 0.6 is 11.8 Å². The van der Waals surface area contributed by atoms with Gasteiger partial charge in [0, 0.05) is 25.4 Å². The smallest absolute Gasteiger partial charge is 0.410 e. The minimum Gasteiger partial charge on any atom is -0.444 e. The number of amidine groups is 1. The zero-order chi connectivity index (χ0) is 27.2. The molecule has 10 nitrogen and oxygen atoms in total. The summed E-state index contributed by atoms with van der Waals surface area (Å²) in [6, 6.07) is 8.35. The van der Waals surface area contributed by atoms with Gasteiger partial charge >= 0.3 is 6.09 Å². The fourth-order valence-corrected chi connectivity index (χ4v) is 5.62. The lowest BCUT2D eigenvalue weighted by atomic mass is 10.2. The highest BCUT2D eigenvalue weighted by Crippen LogP contribution is 2.33. The Morgan fingerprint density at radius 1 is 1.18 bits per heavy atom. The van der Waals surface area contributed by atoms with E-state index in [1.54, 1.807) is 27.6 Å². The Labute approximate surface area is 223 Å². The molecule has 12 heteroatoms. The van der Waals surface area contributed by atoms with Crippen LogP contribution < -0.4 is 0 Å². The summed E-state index contributed by atoms with van der Waals surface area (Å²) in [6.07, 6.45) is 4.05. The number of nitriles is 1. The molecular formula is C26H27FN8O2S. The fraction of sp³-hybridized carbons (Fsp3) is 0.385. The van der Waals surface area contributed by atoms with Crippen LogP contribution in [0.5, 0.6) is 0 Å². The molecule has 2 N–H and O–H groups in total. The molecule has 196 valence electrons. The number of amides is 1. The molecule has 2 bridgehead atoms. The van der Waals surface area contributed by atoms with E-state index in [0.29, 0.717) is 35.6 Å². The van der Waals surface area contributed by atoms with Crippen LogP contribution in [0.3, 0.4) is 0 Å². The number of carbonyl (C=O) groups excluding carboxylic acids is 1. The topological polar surface area (TPSA) is 134 Å². The summed E-state index contributed by atoms with van der Waals surface area (Å²) in [7, 11) is 0. The number of aromatic nitrogens is 3. The number of fused-ring (bicyclic) bond motifs is 3. The van der Waals surface area contributed by atoms with Gasteiger partial charge in [-0.3, -0.25) is 20.7 Å². The normalized spacial score (nSPS) is 18.9. The zero-order valence-corrected chi connectivity index (χ0v) is 22.0. The summed E-state index contributed by atoms with van der Waals surface area (Å²) in [6.45, 7) is 6.45. The number of ether oxygens (including phenoxy) is 1. The van der Waals surface area contributed by atoms with Crippen molar-refractivity contribution in [2.24, 2.45) is 0 Å².